The van der Waals surface area contributed by atoms with E-state index in [0.29, 0.717) is 16.1 Å². The molecule has 55 heavy (non-hydrogen) atoms. The topological polar surface area (TPSA) is 120 Å². The molecule has 3 heterocycles. The van der Waals surface area contributed by atoms with Gasteiger partial charge in [-0.05, 0) is 58.3 Å². The number of halogens is 3. The second kappa shape index (κ2) is 17.2. The fraction of sp³-hybridized carbons (Fsp3) is 0.150. The standard InChI is InChI=1S/C40H29Cl3N2O8S2/c41-26-13-15-30(29(43)18-26)51-31-16-14-27(42)19-32(31)52-40(49)50-21-25-22-55-38-34(44-33(46)20-28-12-7-17-54-28)37(47)45(38)35(25)39(48)53-36(23-8-3-1-4-9-23)24-10-5-2-6-11-24/h1-19,22,34-36,38H,20-21H2,(H,44,46)/t34-,35?,38-/m1/s1. The van der Waals surface area contributed by atoms with Crippen molar-refractivity contribution in [2.24, 2.45) is 0 Å². The second-order valence-corrected chi connectivity index (χ2v) is 15.5. The summed E-state index contributed by atoms with van der Waals surface area (Å²) in [5, 5.41) is 6.58. The lowest BCUT2D eigenvalue weighted by atomic mass is 9.97. The van der Waals surface area contributed by atoms with E-state index < -0.39 is 48.2 Å². The third kappa shape index (κ3) is 8.95. The predicted octanol–water partition coefficient (Wildman–Crippen LogP) is 9.24. The quantitative estimate of drug-likeness (QED) is 0.0745. The lowest BCUT2D eigenvalue weighted by Crippen LogP contribution is -2.74. The number of hydrogen-bond donors (Lipinski definition) is 1. The Morgan fingerprint density at radius 1 is 0.800 bits per heavy atom. The fourth-order valence-electron chi connectivity index (χ4n) is 5.96. The Morgan fingerprint density at radius 2 is 1.47 bits per heavy atom. The molecule has 0 saturated carbocycles. The maximum Gasteiger partial charge on any atom is 0.514 e. The average molecular weight is 836 g/mol. The highest BCUT2D eigenvalue weighted by Gasteiger charge is 2.56. The summed E-state index contributed by atoms with van der Waals surface area (Å²) in [6.45, 7) is -0.446. The molecule has 10 nitrogen and oxygen atoms in total. The highest BCUT2D eigenvalue weighted by molar-refractivity contribution is 8.03. The molecule has 3 atom stereocenters. The monoisotopic (exact) mass is 834 g/mol. The molecule has 280 valence electrons. The number of hydrogen-bond acceptors (Lipinski definition) is 10. The van der Waals surface area contributed by atoms with Gasteiger partial charge < -0.3 is 29.2 Å². The van der Waals surface area contributed by atoms with Crippen LogP contribution in [0.2, 0.25) is 15.1 Å². The minimum atomic E-state index is -1.29. The number of β-lactam (4-membered cyclic amide) rings is 1. The minimum Gasteiger partial charge on any atom is -0.452 e. The van der Waals surface area contributed by atoms with Crippen LogP contribution in [-0.2, 0) is 30.3 Å². The van der Waals surface area contributed by atoms with Gasteiger partial charge in [-0.1, -0.05) is 102 Å². The molecule has 15 heteroatoms. The molecule has 4 aromatic carbocycles. The van der Waals surface area contributed by atoms with Gasteiger partial charge in [-0.2, -0.15) is 0 Å². The van der Waals surface area contributed by atoms with Gasteiger partial charge in [-0.3, -0.25) is 9.59 Å². The Kier molecular flexibility index (Phi) is 12.0. The summed E-state index contributed by atoms with van der Waals surface area (Å²) in [6, 6.07) is 28.9. The normalized spacial score (nSPS) is 17.4. The average Bonchev–Trinajstić information content (AvgIpc) is 3.70. The third-order valence-electron chi connectivity index (χ3n) is 8.53. The summed E-state index contributed by atoms with van der Waals surface area (Å²) in [6.07, 6.45) is -1.85. The number of benzene rings is 4. The van der Waals surface area contributed by atoms with Crippen molar-refractivity contribution in [3.63, 3.8) is 0 Å². The van der Waals surface area contributed by atoms with Gasteiger partial charge in [-0.15, -0.1) is 23.1 Å². The molecule has 1 fully saturated rings. The van der Waals surface area contributed by atoms with Gasteiger partial charge in [0.05, 0.1) is 11.4 Å². The van der Waals surface area contributed by atoms with E-state index >= 15 is 0 Å². The smallest absolute Gasteiger partial charge is 0.452 e. The second-order valence-electron chi connectivity index (χ2n) is 12.2. The number of fused-ring (bicyclic) bond motifs is 1. The number of thiophene rings is 1. The molecule has 1 N–H and O–H groups in total. The van der Waals surface area contributed by atoms with E-state index in [9.17, 15) is 19.2 Å². The van der Waals surface area contributed by atoms with Crippen molar-refractivity contribution in [2.45, 2.75) is 30.0 Å². The Hall–Kier alpha value is -4.98. The number of nitrogens with zero attached hydrogens (tertiary/aromatic N) is 1. The molecule has 1 unspecified atom stereocenters. The van der Waals surface area contributed by atoms with Gasteiger partial charge in [0.1, 0.15) is 23.8 Å². The van der Waals surface area contributed by atoms with Crippen molar-refractivity contribution in [1.29, 1.82) is 0 Å². The first-order valence-corrected chi connectivity index (χ1v) is 19.7. The largest absolute Gasteiger partial charge is 0.514 e. The van der Waals surface area contributed by atoms with Crippen molar-refractivity contribution in [1.82, 2.24) is 10.2 Å². The van der Waals surface area contributed by atoms with Crippen LogP contribution in [0, 0.1) is 0 Å². The summed E-state index contributed by atoms with van der Waals surface area (Å²) in [4.78, 5) is 56.3. The van der Waals surface area contributed by atoms with Crippen molar-refractivity contribution in [2.75, 3.05) is 6.61 Å². The lowest BCUT2D eigenvalue weighted by molar-refractivity contribution is -0.165. The first-order chi connectivity index (χ1) is 26.6. The summed E-state index contributed by atoms with van der Waals surface area (Å²) in [5.74, 6) is -1.28. The van der Waals surface area contributed by atoms with Crippen LogP contribution in [0.15, 0.2) is 126 Å². The summed E-state index contributed by atoms with van der Waals surface area (Å²) < 4.78 is 23.1. The molecule has 0 bridgehead atoms. The van der Waals surface area contributed by atoms with Gasteiger partial charge in [0, 0.05) is 26.6 Å². The highest BCUT2D eigenvalue weighted by Crippen LogP contribution is 2.42. The van der Waals surface area contributed by atoms with E-state index in [4.69, 9.17) is 53.8 Å². The van der Waals surface area contributed by atoms with Crippen LogP contribution < -0.4 is 14.8 Å². The summed E-state index contributed by atoms with van der Waals surface area (Å²) in [5.41, 5.74) is 1.68. The predicted molar refractivity (Wildman–Crippen MR) is 211 cm³/mol. The van der Waals surface area contributed by atoms with E-state index in [1.807, 2.05) is 78.2 Å². The molecule has 2 aliphatic heterocycles. The van der Waals surface area contributed by atoms with E-state index in [-0.39, 0.29) is 45.2 Å². The SMILES string of the molecule is O=C(Cc1cccs1)N[C@@H]1C(=O)N2C(C(=O)OC(c3ccccc3)c3ccccc3)C(COC(=O)Oc3cc(Cl)ccc3Oc3ccc(Cl)cc3Cl)=CS[C@H]12. The first kappa shape index (κ1) is 38.3. The number of rotatable bonds is 12. The number of esters is 1. The number of carbonyl (C=O) groups excluding carboxylic acids is 4. The maximum absolute atomic E-state index is 14.3. The summed E-state index contributed by atoms with van der Waals surface area (Å²) in [7, 11) is 0. The number of carbonyl (C=O) groups is 4. The first-order valence-electron chi connectivity index (χ1n) is 16.7. The van der Waals surface area contributed by atoms with Crippen molar-refractivity contribution in [3.8, 4) is 17.2 Å². The third-order valence-corrected chi connectivity index (χ3v) is 11.4. The molecule has 0 aliphatic carbocycles. The molecular weight excluding hydrogens is 807 g/mol. The van der Waals surface area contributed by atoms with E-state index in [2.05, 4.69) is 5.32 Å². The van der Waals surface area contributed by atoms with Crippen LogP contribution in [0.4, 0.5) is 4.79 Å². The van der Waals surface area contributed by atoms with Crippen LogP contribution in [0.3, 0.4) is 0 Å². The fourth-order valence-corrected chi connectivity index (χ4v) is 8.48. The molecule has 7 rings (SSSR count). The number of thioether (sulfide) groups is 1. The summed E-state index contributed by atoms with van der Waals surface area (Å²) >= 11 is 21.2. The molecule has 5 aromatic rings. The van der Waals surface area contributed by atoms with Gasteiger partial charge >= 0.3 is 12.1 Å². The zero-order valence-electron chi connectivity index (χ0n) is 28.4. The van der Waals surface area contributed by atoms with Gasteiger partial charge in [0.25, 0.3) is 0 Å². The van der Waals surface area contributed by atoms with Gasteiger partial charge in [-0.25, -0.2) is 9.59 Å². The molecule has 2 amide bonds. The van der Waals surface area contributed by atoms with Crippen LogP contribution in [0.1, 0.15) is 22.1 Å². The molecule has 0 spiro atoms. The maximum atomic E-state index is 14.3. The van der Waals surface area contributed by atoms with Crippen LogP contribution in [-0.4, -0.2) is 52.9 Å². The molecule has 2 aliphatic rings. The van der Waals surface area contributed by atoms with Crippen LogP contribution in [0.5, 0.6) is 17.2 Å². The van der Waals surface area contributed by atoms with Crippen LogP contribution in [0.25, 0.3) is 0 Å². The van der Waals surface area contributed by atoms with Crippen molar-refractivity contribution in [3.05, 3.63) is 157 Å². The molecule has 1 saturated heterocycles. The molecular formula is C40H29Cl3N2O8S2. The number of amides is 2. The Bertz CT molecular complexity index is 2200. The van der Waals surface area contributed by atoms with E-state index in [1.54, 1.807) is 17.5 Å². The molecule has 1 aromatic heterocycles. The van der Waals surface area contributed by atoms with Crippen LogP contribution >= 0.6 is 57.9 Å². The minimum absolute atomic E-state index is 0.0702. The Morgan fingerprint density at radius 3 is 2.13 bits per heavy atom. The zero-order valence-corrected chi connectivity index (χ0v) is 32.3. The zero-order chi connectivity index (χ0) is 38.5. The molecule has 0 radical (unpaired) electrons. The van der Waals surface area contributed by atoms with E-state index in [1.165, 1.54) is 52.3 Å². The van der Waals surface area contributed by atoms with Crippen molar-refractivity contribution >= 4 is 81.8 Å². The Labute approximate surface area is 338 Å². The number of ether oxygens (including phenoxy) is 4. The Balaban J connectivity index is 1.11. The highest BCUT2D eigenvalue weighted by atomic mass is 35.5. The lowest BCUT2D eigenvalue weighted by Gasteiger charge is -2.51. The van der Waals surface area contributed by atoms with Crippen molar-refractivity contribution < 1.29 is 38.1 Å². The van der Waals surface area contributed by atoms with Gasteiger partial charge in [0.2, 0.25) is 11.8 Å². The van der Waals surface area contributed by atoms with E-state index in [0.717, 1.165) is 4.88 Å². The number of nitrogens with one attached hydrogen (secondary N) is 1. The van der Waals surface area contributed by atoms with Gasteiger partial charge in [0.15, 0.2) is 23.6 Å².